The number of carbonyl (C=O) groups excluding carboxylic acids is 2. The van der Waals surface area contributed by atoms with Crippen molar-refractivity contribution in [2.24, 2.45) is 5.92 Å². The maximum absolute atomic E-state index is 13.5. The number of aromatic hydroxyl groups is 1. The number of amides is 1. The van der Waals surface area contributed by atoms with Gasteiger partial charge in [-0.1, -0.05) is 49.4 Å². The zero-order valence-corrected chi connectivity index (χ0v) is 18.3. The molecule has 1 heterocycles. The molecular weight excluding hydrogens is 392 g/mol. The number of esters is 1. The third-order valence-electron chi connectivity index (χ3n) is 5.88. The first-order valence-corrected chi connectivity index (χ1v) is 11.0. The van der Waals surface area contributed by atoms with Crippen LogP contribution in [0.2, 0.25) is 0 Å². The van der Waals surface area contributed by atoms with Crippen molar-refractivity contribution in [2.45, 2.75) is 45.2 Å². The van der Waals surface area contributed by atoms with Crippen molar-refractivity contribution in [3.8, 4) is 5.75 Å². The Kier molecular flexibility index (Phi) is 8.06. The molecule has 31 heavy (non-hydrogen) atoms. The topological polar surface area (TPSA) is 78.9 Å². The fourth-order valence-electron chi connectivity index (χ4n) is 4.20. The minimum Gasteiger partial charge on any atom is -0.508 e. The Morgan fingerprint density at radius 1 is 1.16 bits per heavy atom. The Labute approximate surface area is 184 Å². The van der Waals surface area contributed by atoms with E-state index in [0.29, 0.717) is 38.6 Å². The van der Waals surface area contributed by atoms with E-state index >= 15 is 0 Å². The van der Waals surface area contributed by atoms with Crippen molar-refractivity contribution in [1.82, 2.24) is 10.2 Å². The molecule has 2 aromatic carbocycles. The molecule has 0 aliphatic carbocycles. The summed E-state index contributed by atoms with van der Waals surface area (Å²) in [7, 11) is 0. The molecule has 0 bridgehead atoms. The van der Waals surface area contributed by atoms with Crippen LogP contribution < -0.4 is 5.32 Å². The molecule has 0 radical (unpaired) electrons. The zero-order chi connectivity index (χ0) is 22.2. The van der Waals surface area contributed by atoms with Gasteiger partial charge in [-0.25, -0.2) is 0 Å². The Bertz CT molecular complexity index is 871. The summed E-state index contributed by atoms with van der Waals surface area (Å²) < 4.78 is 5.05. The molecule has 1 amide bonds. The van der Waals surface area contributed by atoms with Crippen molar-refractivity contribution in [3.05, 3.63) is 65.7 Å². The van der Waals surface area contributed by atoms with Crippen LogP contribution in [-0.4, -0.2) is 47.6 Å². The number of nitrogens with one attached hydrogen (secondary N) is 1. The minimum absolute atomic E-state index is 0.00907. The van der Waals surface area contributed by atoms with E-state index in [2.05, 4.69) is 12.2 Å². The molecular formula is C25H32N2O4. The quantitative estimate of drug-likeness (QED) is 0.635. The second-order valence-electron chi connectivity index (χ2n) is 8.18. The summed E-state index contributed by atoms with van der Waals surface area (Å²) in [5, 5.41) is 13.3. The highest BCUT2D eigenvalue weighted by Gasteiger charge is 2.34. The number of ether oxygens (including phenoxy) is 1. The van der Waals surface area contributed by atoms with Crippen LogP contribution in [0.4, 0.5) is 0 Å². The lowest BCUT2D eigenvalue weighted by atomic mass is 9.79. The lowest BCUT2D eigenvalue weighted by Crippen LogP contribution is -2.52. The number of hydrogen-bond acceptors (Lipinski definition) is 5. The molecule has 6 heteroatoms. The first kappa shape index (κ1) is 22.8. The largest absolute Gasteiger partial charge is 0.508 e. The van der Waals surface area contributed by atoms with Gasteiger partial charge in [0.25, 0.3) is 0 Å². The van der Waals surface area contributed by atoms with Crippen LogP contribution in [0.15, 0.2) is 54.6 Å². The second kappa shape index (κ2) is 11.0. The Hall–Kier alpha value is -2.86. The number of nitrogens with zero attached hydrogens (tertiary/aromatic N) is 1. The fourth-order valence-corrected chi connectivity index (χ4v) is 4.20. The number of benzene rings is 2. The van der Waals surface area contributed by atoms with E-state index in [-0.39, 0.29) is 36.0 Å². The van der Waals surface area contributed by atoms with Gasteiger partial charge in [0.15, 0.2) is 0 Å². The van der Waals surface area contributed by atoms with Crippen LogP contribution in [0.5, 0.6) is 5.75 Å². The highest BCUT2D eigenvalue weighted by molar-refractivity contribution is 5.82. The number of hydrogen-bond donors (Lipinski definition) is 2. The van der Waals surface area contributed by atoms with Gasteiger partial charge in [-0.2, -0.15) is 0 Å². The number of phenolic OH excluding ortho intramolecular Hbond substituents is 1. The van der Waals surface area contributed by atoms with Gasteiger partial charge in [-0.05, 0) is 55.0 Å². The van der Waals surface area contributed by atoms with Crippen molar-refractivity contribution < 1.29 is 19.4 Å². The molecule has 1 aliphatic rings. The Balaban J connectivity index is 1.74. The summed E-state index contributed by atoms with van der Waals surface area (Å²) in [4.78, 5) is 27.1. The first-order valence-electron chi connectivity index (χ1n) is 11.0. The standard InChI is InChI=1S/C25H32N2O4/c1-3-31-24(29)12-13-27(17-19-8-5-4-6-9-19)25(30)23-15-22(18(2)16-26-23)20-10-7-11-21(28)14-20/h4-11,14,18,22-23,26,28H,3,12-13,15-17H2,1-2H3. The van der Waals surface area contributed by atoms with E-state index in [9.17, 15) is 14.7 Å². The normalized spacial score (nSPS) is 20.8. The van der Waals surface area contributed by atoms with Crippen molar-refractivity contribution in [1.29, 1.82) is 0 Å². The van der Waals surface area contributed by atoms with Gasteiger partial charge in [-0.3, -0.25) is 9.59 Å². The van der Waals surface area contributed by atoms with E-state index in [1.54, 1.807) is 24.0 Å². The highest BCUT2D eigenvalue weighted by atomic mass is 16.5. The molecule has 3 atom stereocenters. The van der Waals surface area contributed by atoms with Crippen LogP contribution in [0.25, 0.3) is 0 Å². The number of piperidine rings is 1. The van der Waals surface area contributed by atoms with E-state index in [1.807, 2.05) is 42.5 Å². The van der Waals surface area contributed by atoms with E-state index in [4.69, 9.17) is 4.74 Å². The molecule has 166 valence electrons. The first-order chi connectivity index (χ1) is 15.0. The number of carbonyl (C=O) groups is 2. The molecule has 1 fully saturated rings. The summed E-state index contributed by atoms with van der Waals surface area (Å²) in [5.41, 5.74) is 2.07. The van der Waals surface area contributed by atoms with Crippen LogP contribution in [0.1, 0.15) is 43.7 Å². The van der Waals surface area contributed by atoms with Crippen LogP contribution in [0, 0.1) is 5.92 Å². The monoisotopic (exact) mass is 424 g/mol. The van der Waals surface area contributed by atoms with Crippen molar-refractivity contribution >= 4 is 11.9 Å². The average Bonchev–Trinajstić information content (AvgIpc) is 2.77. The van der Waals surface area contributed by atoms with Crippen LogP contribution in [0.3, 0.4) is 0 Å². The second-order valence-corrected chi connectivity index (χ2v) is 8.18. The van der Waals surface area contributed by atoms with Gasteiger partial charge in [0, 0.05) is 13.1 Å². The predicted octanol–water partition coefficient (Wildman–Crippen LogP) is 3.46. The van der Waals surface area contributed by atoms with Crippen molar-refractivity contribution in [2.75, 3.05) is 19.7 Å². The molecule has 2 aromatic rings. The Morgan fingerprint density at radius 2 is 1.94 bits per heavy atom. The third kappa shape index (κ3) is 6.31. The summed E-state index contributed by atoms with van der Waals surface area (Å²) in [6.45, 7) is 5.75. The van der Waals surface area contributed by atoms with E-state index in [0.717, 1.165) is 11.1 Å². The summed E-state index contributed by atoms with van der Waals surface area (Å²) >= 11 is 0. The molecule has 0 saturated carbocycles. The van der Waals surface area contributed by atoms with E-state index in [1.165, 1.54) is 0 Å². The van der Waals surface area contributed by atoms with Gasteiger partial charge < -0.3 is 20.1 Å². The fraction of sp³-hybridized carbons (Fsp3) is 0.440. The predicted molar refractivity (Wildman–Crippen MR) is 120 cm³/mol. The maximum Gasteiger partial charge on any atom is 0.307 e. The summed E-state index contributed by atoms with van der Waals surface area (Å²) in [6.07, 6.45) is 0.819. The summed E-state index contributed by atoms with van der Waals surface area (Å²) in [6, 6.07) is 16.8. The molecule has 1 aliphatic heterocycles. The molecule has 3 rings (SSSR count). The van der Waals surface area contributed by atoms with E-state index < -0.39 is 0 Å². The molecule has 0 spiro atoms. The van der Waals surface area contributed by atoms with Gasteiger partial charge in [-0.15, -0.1) is 0 Å². The van der Waals surface area contributed by atoms with Crippen molar-refractivity contribution in [3.63, 3.8) is 0 Å². The maximum atomic E-state index is 13.5. The summed E-state index contributed by atoms with van der Waals surface area (Å²) in [5.74, 6) is 0.451. The molecule has 2 N–H and O–H groups in total. The molecule has 0 aromatic heterocycles. The third-order valence-corrected chi connectivity index (χ3v) is 5.88. The molecule has 3 unspecified atom stereocenters. The molecule has 1 saturated heterocycles. The average molecular weight is 425 g/mol. The smallest absolute Gasteiger partial charge is 0.307 e. The zero-order valence-electron chi connectivity index (χ0n) is 18.3. The van der Waals surface area contributed by atoms with Gasteiger partial charge >= 0.3 is 5.97 Å². The lowest BCUT2D eigenvalue weighted by Gasteiger charge is -2.37. The highest BCUT2D eigenvalue weighted by Crippen LogP contribution is 2.34. The molecule has 6 nitrogen and oxygen atoms in total. The minimum atomic E-state index is -0.338. The van der Waals surface area contributed by atoms with Gasteiger partial charge in [0.1, 0.15) is 5.75 Å². The SMILES string of the molecule is CCOC(=O)CCN(Cc1ccccc1)C(=O)C1CC(c2cccc(O)c2)C(C)CN1. The lowest BCUT2D eigenvalue weighted by molar-refractivity contribution is -0.144. The van der Waals surface area contributed by atoms with Gasteiger partial charge in [0.2, 0.25) is 5.91 Å². The van der Waals surface area contributed by atoms with Crippen LogP contribution in [-0.2, 0) is 20.9 Å². The number of rotatable bonds is 8. The van der Waals surface area contributed by atoms with Crippen LogP contribution >= 0.6 is 0 Å². The Morgan fingerprint density at radius 3 is 2.65 bits per heavy atom. The van der Waals surface area contributed by atoms with Gasteiger partial charge in [0.05, 0.1) is 19.1 Å². The number of phenols is 1.